The van der Waals surface area contributed by atoms with Crippen molar-refractivity contribution in [1.29, 1.82) is 0 Å². The van der Waals surface area contributed by atoms with E-state index in [1.165, 1.54) is 34.2 Å². The Morgan fingerprint density at radius 3 is 2.00 bits per heavy atom. The van der Waals surface area contributed by atoms with Gasteiger partial charge in [-0.1, -0.05) is 0 Å². The van der Waals surface area contributed by atoms with Crippen molar-refractivity contribution in [2.24, 2.45) is 11.5 Å². The number of esters is 2. The van der Waals surface area contributed by atoms with Crippen LogP contribution in [-0.4, -0.2) is 85.3 Å². The average molecular weight is 729 g/mol. The predicted molar refractivity (Wildman–Crippen MR) is 178 cm³/mol. The lowest BCUT2D eigenvalue weighted by Crippen LogP contribution is -2.42. The molecule has 0 saturated carbocycles. The number of ether oxygens (including phenoxy) is 2. The van der Waals surface area contributed by atoms with Gasteiger partial charge >= 0.3 is 11.9 Å². The van der Waals surface area contributed by atoms with E-state index < -0.39 is 24.4 Å². The van der Waals surface area contributed by atoms with Gasteiger partial charge in [0, 0.05) is 90.4 Å². The summed E-state index contributed by atoms with van der Waals surface area (Å²) >= 11 is 5.20. The molecule has 22 heteroatoms. The maximum atomic E-state index is 13.1. The molecular formula is C26H28N14O4S4. The molecule has 250 valence electrons. The van der Waals surface area contributed by atoms with Gasteiger partial charge in [0.15, 0.2) is 12.5 Å². The third kappa shape index (κ3) is 8.39. The van der Waals surface area contributed by atoms with Crippen molar-refractivity contribution in [3.05, 3.63) is 70.6 Å². The van der Waals surface area contributed by atoms with Crippen molar-refractivity contribution in [3.63, 3.8) is 0 Å². The Hall–Kier alpha value is -4.74. The average Bonchev–Trinajstić information content (AvgIpc) is 3.93. The van der Waals surface area contributed by atoms with Gasteiger partial charge in [-0.15, -0.1) is 22.7 Å². The minimum Gasteiger partial charge on any atom is -0.438 e. The summed E-state index contributed by atoms with van der Waals surface area (Å²) in [4.78, 5) is 55.6. The van der Waals surface area contributed by atoms with E-state index in [9.17, 15) is 9.59 Å². The number of hydrogen-bond donors (Lipinski definition) is 2. The van der Waals surface area contributed by atoms with Gasteiger partial charge in [-0.3, -0.25) is 14.9 Å². The molecule has 48 heavy (non-hydrogen) atoms. The maximum Gasteiger partial charge on any atom is 0.419 e. The Kier molecular flexibility index (Phi) is 11.0. The third-order valence-corrected chi connectivity index (χ3v) is 9.55. The predicted octanol–water partition coefficient (Wildman–Crippen LogP) is 1.82. The molecule has 6 heterocycles. The molecule has 0 aliphatic heterocycles. The minimum absolute atomic E-state index is 0.150. The molecule has 2 unspecified atom stereocenters. The van der Waals surface area contributed by atoms with Gasteiger partial charge in [0.25, 0.3) is 0 Å². The van der Waals surface area contributed by atoms with Crippen molar-refractivity contribution in [2.75, 3.05) is 22.9 Å². The Morgan fingerprint density at radius 2 is 1.42 bits per heavy atom. The number of anilines is 2. The second-order valence-electron chi connectivity index (χ2n) is 9.76. The second kappa shape index (κ2) is 15.9. The van der Waals surface area contributed by atoms with Crippen LogP contribution in [0.1, 0.15) is 22.9 Å². The largest absolute Gasteiger partial charge is 0.438 e. The quantitative estimate of drug-likeness (QED) is 0.0824. The number of carbonyl (C=O) groups is 2. The van der Waals surface area contributed by atoms with Crippen LogP contribution >= 0.6 is 45.7 Å². The van der Waals surface area contributed by atoms with Crippen LogP contribution in [0.4, 0.5) is 10.3 Å². The molecule has 2 atom stereocenters. The van der Waals surface area contributed by atoms with Gasteiger partial charge in [-0.2, -0.15) is 18.7 Å². The van der Waals surface area contributed by atoms with E-state index in [-0.39, 0.29) is 25.9 Å². The summed E-state index contributed by atoms with van der Waals surface area (Å²) in [5.41, 5.74) is 12.1. The first-order valence-corrected chi connectivity index (χ1v) is 17.6. The first kappa shape index (κ1) is 33.2. The van der Waals surface area contributed by atoms with Crippen LogP contribution in [0.5, 0.6) is 0 Å². The third-order valence-electron chi connectivity index (χ3n) is 6.51. The molecule has 4 N–H and O–H groups in total. The van der Waals surface area contributed by atoms with Crippen LogP contribution < -0.4 is 21.3 Å². The summed E-state index contributed by atoms with van der Waals surface area (Å²) in [6.07, 6.45) is 11.5. The fourth-order valence-electron chi connectivity index (χ4n) is 4.25. The smallest absolute Gasteiger partial charge is 0.419 e. The molecule has 0 fully saturated rings. The minimum atomic E-state index is -1.24. The van der Waals surface area contributed by atoms with E-state index in [0.29, 0.717) is 35.2 Å². The van der Waals surface area contributed by atoms with Gasteiger partial charge < -0.3 is 25.0 Å². The molecule has 6 aromatic heterocycles. The first-order valence-electron chi connectivity index (χ1n) is 14.3. The number of carbonyl (C=O) groups excluding carboxylic acids is 2. The van der Waals surface area contributed by atoms with Crippen molar-refractivity contribution >= 4 is 67.9 Å². The topological polar surface area (TPSA) is 224 Å². The Bertz CT molecular complexity index is 1840. The SMILES string of the molecule is NCCC(OC(=O)C(=O)OC(N)CCN(Cc1nccs1)c1nc(-n2ccnc2)ns1)N(Cc1nccs1)c1nc(-n2ccnc2)ns1. The van der Waals surface area contributed by atoms with Gasteiger partial charge in [0.2, 0.25) is 22.2 Å². The zero-order valence-electron chi connectivity index (χ0n) is 25.0. The molecule has 6 aromatic rings. The first-order chi connectivity index (χ1) is 23.5. The van der Waals surface area contributed by atoms with Crippen molar-refractivity contribution < 1.29 is 19.1 Å². The number of nitrogens with zero attached hydrogens (tertiary/aromatic N) is 12. The van der Waals surface area contributed by atoms with E-state index >= 15 is 0 Å². The molecular weight excluding hydrogens is 701 g/mol. The van der Waals surface area contributed by atoms with Crippen LogP contribution in [0.2, 0.25) is 0 Å². The van der Waals surface area contributed by atoms with Crippen LogP contribution in [-0.2, 0) is 32.2 Å². The van der Waals surface area contributed by atoms with Gasteiger partial charge in [0.1, 0.15) is 22.7 Å². The van der Waals surface area contributed by atoms with E-state index in [1.807, 2.05) is 15.7 Å². The Balaban J connectivity index is 1.10. The standard InChI is InChI=1S/C26H28N14O4S4/c27-3-1-20(40(14-19-32-7-12-46-19)26-34-24(36-48-26)39-10-5-30-16-39)44-22(42)21(41)43-17(28)2-8-37(13-18-31-6-11-45-18)25-33-23(35-47-25)38-9-4-29-15-38/h4-7,9-12,15-17,20H,1-3,8,13-14,27-28H2. The molecule has 18 nitrogen and oxygen atoms in total. The van der Waals surface area contributed by atoms with Crippen molar-refractivity contribution in [1.82, 2.24) is 47.8 Å². The molecule has 0 aromatic carbocycles. The monoisotopic (exact) mass is 728 g/mol. The number of hydrogen-bond acceptors (Lipinski definition) is 20. The fraction of sp³-hybridized carbons (Fsp3) is 0.308. The highest BCUT2D eigenvalue weighted by Gasteiger charge is 2.31. The molecule has 0 radical (unpaired) electrons. The van der Waals surface area contributed by atoms with Crippen molar-refractivity contribution in [3.8, 4) is 11.9 Å². The zero-order valence-corrected chi connectivity index (χ0v) is 28.2. The number of rotatable bonds is 16. The lowest BCUT2D eigenvalue weighted by atomic mass is 10.3. The zero-order chi connectivity index (χ0) is 33.3. The lowest BCUT2D eigenvalue weighted by molar-refractivity contribution is -0.174. The highest BCUT2D eigenvalue weighted by molar-refractivity contribution is 7.10. The molecule has 6 rings (SSSR count). The summed E-state index contributed by atoms with van der Waals surface area (Å²) in [6.45, 7) is 1.14. The number of thiazole rings is 2. The Morgan fingerprint density at radius 1 is 0.812 bits per heavy atom. The normalized spacial score (nSPS) is 12.5. The van der Waals surface area contributed by atoms with Gasteiger partial charge in [-0.05, 0) is 6.54 Å². The van der Waals surface area contributed by atoms with Gasteiger partial charge in [-0.25, -0.2) is 29.5 Å². The van der Waals surface area contributed by atoms with Crippen LogP contribution in [0.15, 0.2) is 60.6 Å². The fourth-order valence-corrected chi connectivity index (χ4v) is 6.90. The van der Waals surface area contributed by atoms with E-state index in [4.69, 9.17) is 20.9 Å². The highest BCUT2D eigenvalue weighted by atomic mass is 32.1. The molecule has 0 saturated heterocycles. The highest BCUT2D eigenvalue weighted by Crippen LogP contribution is 2.27. The summed E-state index contributed by atoms with van der Waals surface area (Å²) < 4.78 is 23.1. The maximum absolute atomic E-state index is 13.1. The van der Waals surface area contributed by atoms with E-state index in [2.05, 4.69) is 38.7 Å². The van der Waals surface area contributed by atoms with Crippen LogP contribution in [0.3, 0.4) is 0 Å². The van der Waals surface area contributed by atoms with Gasteiger partial charge in [0.05, 0.1) is 13.1 Å². The summed E-state index contributed by atoms with van der Waals surface area (Å²) in [6, 6.07) is 0. The summed E-state index contributed by atoms with van der Waals surface area (Å²) in [7, 11) is 0. The molecule has 0 aliphatic rings. The summed E-state index contributed by atoms with van der Waals surface area (Å²) in [5.74, 6) is -1.60. The number of aromatic nitrogens is 10. The van der Waals surface area contributed by atoms with Crippen LogP contribution in [0.25, 0.3) is 11.9 Å². The van der Waals surface area contributed by atoms with E-state index in [1.54, 1.807) is 63.9 Å². The Labute approximate surface area is 289 Å². The lowest BCUT2D eigenvalue weighted by Gasteiger charge is -2.29. The van der Waals surface area contributed by atoms with Crippen LogP contribution in [0, 0.1) is 0 Å². The van der Waals surface area contributed by atoms with Crippen molar-refractivity contribution in [2.45, 2.75) is 38.4 Å². The molecule has 0 amide bonds. The molecule has 0 spiro atoms. The summed E-state index contributed by atoms with van der Waals surface area (Å²) in [5, 5.41) is 6.33. The van der Waals surface area contributed by atoms with E-state index in [0.717, 1.165) is 21.5 Å². The molecule has 0 bridgehead atoms. The number of imidazole rings is 2. The second-order valence-corrected chi connectivity index (χ2v) is 13.2. The molecule has 0 aliphatic carbocycles. The number of nitrogens with two attached hydrogens (primary N) is 2.